The average Bonchev–Trinajstić information content (AvgIpc) is 3.47. The number of thioether (sulfide) groups is 1. The number of aromatic amines is 1. The fraction of sp³-hybridized carbons (Fsp3) is 0.241. The first-order valence-electron chi connectivity index (χ1n) is 12.1. The molecule has 3 N–H and O–H groups in total. The number of nitrogens with two attached hydrogens (primary N) is 1. The van der Waals surface area contributed by atoms with Gasteiger partial charge in [0.25, 0.3) is 0 Å². The SMILES string of the molecule is CC(C)Cn1c(SCc2ccccc2-c2ccccc2)nnc1C(N)Cc1c[nH]c2ccccc12. The van der Waals surface area contributed by atoms with Gasteiger partial charge in [-0.05, 0) is 40.7 Å². The highest BCUT2D eigenvalue weighted by Crippen LogP contribution is 2.31. The van der Waals surface area contributed by atoms with E-state index in [2.05, 4.69) is 113 Å². The van der Waals surface area contributed by atoms with E-state index in [4.69, 9.17) is 5.73 Å². The van der Waals surface area contributed by atoms with Crippen molar-refractivity contribution in [2.45, 2.75) is 43.8 Å². The Bertz CT molecular complexity index is 1400. The van der Waals surface area contributed by atoms with E-state index in [9.17, 15) is 0 Å². The molecule has 5 nitrogen and oxygen atoms in total. The van der Waals surface area contributed by atoms with Crippen molar-refractivity contribution in [2.24, 2.45) is 11.7 Å². The number of para-hydroxylation sites is 1. The number of nitrogens with zero attached hydrogens (tertiary/aromatic N) is 3. The normalized spacial score (nSPS) is 12.5. The van der Waals surface area contributed by atoms with Gasteiger partial charge in [0, 0.05) is 29.4 Å². The van der Waals surface area contributed by atoms with Crippen molar-refractivity contribution in [3.8, 4) is 11.1 Å². The molecule has 35 heavy (non-hydrogen) atoms. The molecule has 0 spiro atoms. The molecule has 5 aromatic rings. The van der Waals surface area contributed by atoms with Gasteiger partial charge in [-0.1, -0.05) is 98.4 Å². The third kappa shape index (κ3) is 5.19. The molecule has 0 fully saturated rings. The number of aromatic nitrogens is 4. The molecule has 1 atom stereocenters. The quantitative estimate of drug-likeness (QED) is 0.232. The highest BCUT2D eigenvalue weighted by atomic mass is 32.2. The van der Waals surface area contributed by atoms with E-state index in [0.29, 0.717) is 12.3 Å². The standard InChI is InChI=1S/C29H31N5S/c1-20(2)18-34-28(26(30)16-23-17-31-27-15-9-8-14-25(23)27)32-33-29(34)35-19-22-12-6-7-13-24(22)21-10-4-3-5-11-21/h3-15,17,20,26,31H,16,18-19,30H2,1-2H3. The monoisotopic (exact) mass is 481 g/mol. The molecule has 178 valence electrons. The van der Waals surface area contributed by atoms with E-state index in [1.165, 1.54) is 27.6 Å². The Morgan fingerprint density at radius 1 is 0.886 bits per heavy atom. The number of hydrogen-bond donors (Lipinski definition) is 2. The summed E-state index contributed by atoms with van der Waals surface area (Å²) in [5.41, 5.74) is 12.8. The lowest BCUT2D eigenvalue weighted by molar-refractivity contribution is 0.464. The zero-order chi connectivity index (χ0) is 24.2. The fourth-order valence-electron chi connectivity index (χ4n) is 4.53. The Kier molecular flexibility index (Phi) is 7.02. The van der Waals surface area contributed by atoms with Gasteiger partial charge in [-0.3, -0.25) is 0 Å². The van der Waals surface area contributed by atoms with Crippen LogP contribution in [-0.2, 0) is 18.7 Å². The molecule has 3 aromatic carbocycles. The molecule has 0 aliphatic carbocycles. The van der Waals surface area contributed by atoms with E-state index < -0.39 is 0 Å². The van der Waals surface area contributed by atoms with Gasteiger partial charge >= 0.3 is 0 Å². The maximum absolute atomic E-state index is 6.73. The van der Waals surface area contributed by atoms with Crippen molar-refractivity contribution in [1.82, 2.24) is 19.7 Å². The molecule has 1 unspecified atom stereocenters. The number of H-pyrrole nitrogens is 1. The predicted octanol–water partition coefficient (Wildman–Crippen LogP) is 6.62. The Morgan fingerprint density at radius 3 is 2.46 bits per heavy atom. The molecular weight excluding hydrogens is 450 g/mol. The van der Waals surface area contributed by atoms with Gasteiger partial charge in [0.15, 0.2) is 11.0 Å². The minimum Gasteiger partial charge on any atom is -0.361 e. The highest BCUT2D eigenvalue weighted by Gasteiger charge is 2.21. The smallest absolute Gasteiger partial charge is 0.191 e. The maximum Gasteiger partial charge on any atom is 0.191 e. The first kappa shape index (κ1) is 23.4. The predicted molar refractivity (Wildman–Crippen MR) is 145 cm³/mol. The second-order valence-corrected chi connectivity index (χ2v) is 10.3. The van der Waals surface area contributed by atoms with Crippen molar-refractivity contribution >= 4 is 22.7 Å². The molecule has 0 bridgehead atoms. The highest BCUT2D eigenvalue weighted by molar-refractivity contribution is 7.98. The van der Waals surface area contributed by atoms with Crippen molar-refractivity contribution in [3.63, 3.8) is 0 Å². The number of hydrogen-bond acceptors (Lipinski definition) is 4. The van der Waals surface area contributed by atoms with E-state index in [1.54, 1.807) is 11.8 Å². The Morgan fingerprint density at radius 2 is 1.63 bits per heavy atom. The van der Waals surface area contributed by atoms with Crippen molar-refractivity contribution in [1.29, 1.82) is 0 Å². The Balaban J connectivity index is 1.39. The van der Waals surface area contributed by atoms with Crippen molar-refractivity contribution in [2.75, 3.05) is 0 Å². The minimum absolute atomic E-state index is 0.230. The van der Waals surface area contributed by atoms with Crippen LogP contribution in [-0.4, -0.2) is 19.7 Å². The second-order valence-electron chi connectivity index (χ2n) is 9.33. The van der Waals surface area contributed by atoms with Gasteiger partial charge in [-0.25, -0.2) is 0 Å². The molecule has 0 saturated heterocycles. The number of benzene rings is 3. The molecule has 0 amide bonds. The van der Waals surface area contributed by atoms with Gasteiger partial charge in [0.2, 0.25) is 0 Å². The fourth-order valence-corrected chi connectivity index (χ4v) is 5.49. The number of fused-ring (bicyclic) bond motifs is 1. The van der Waals surface area contributed by atoms with Crippen LogP contribution in [0, 0.1) is 5.92 Å². The summed E-state index contributed by atoms with van der Waals surface area (Å²) in [4.78, 5) is 3.35. The third-order valence-corrected chi connectivity index (χ3v) is 7.21. The van der Waals surface area contributed by atoms with E-state index in [1.807, 2.05) is 6.07 Å². The van der Waals surface area contributed by atoms with Gasteiger partial charge < -0.3 is 15.3 Å². The van der Waals surface area contributed by atoms with Crippen LogP contribution in [0.25, 0.3) is 22.0 Å². The van der Waals surface area contributed by atoms with Gasteiger partial charge in [-0.2, -0.15) is 0 Å². The zero-order valence-electron chi connectivity index (χ0n) is 20.2. The van der Waals surface area contributed by atoms with Crippen LogP contribution in [0.2, 0.25) is 0 Å². The third-order valence-electron chi connectivity index (χ3n) is 6.20. The van der Waals surface area contributed by atoms with E-state index in [-0.39, 0.29) is 6.04 Å². The molecular formula is C29H31N5S. The first-order chi connectivity index (χ1) is 17.1. The van der Waals surface area contributed by atoms with Crippen LogP contribution < -0.4 is 5.73 Å². The van der Waals surface area contributed by atoms with Crippen LogP contribution in [0.5, 0.6) is 0 Å². The van der Waals surface area contributed by atoms with Crippen LogP contribution in [0.4, 0.5) is 0 Å². The summed E-state index contributed by atoms with van der Waals surface area (Å²) in [5.74, 6) is 2.13. The van der Waals surface area contributed by atoms with E-state index >= 15 is 0 Å². The lowest BCUT2D eigenvalue weighted by Crippen LogP contribution is -2.20. The largest absolute Gasteiger partial charge is 0.361 e. The molecule has 0 radical (unpaired) electrons. The summed E-state index contributed by atoms with van der Waals surface area (Å²) in [7, 11) is 0. The molecule has 5 rings (SSSR count). The summed E-state index contributed by atoms with van der Waals surface area (Å²) in [6.45, 7) is 5.27. The lowest BCUT2D eigenvalue weighted by atomic mass is 10.0. The molecule has 2 heterocycles. The first-order valence-corrected chi connectivity index (χ1v) is 13.1. The van der Waals surface area contributed by atoms with E-state index in [0.717, 1.165) is 28.8 Å². The Hall–Kier alpha value is -3.35. The summed E-state index contributed by atoms with van der Waals surface area (Å²) in [5, 5.41) is 11.3. The average molecular weight is 482 g/mol. The maximum atomic E-state index is 6.73. The molecule has 0 aliphatic rings. The molecule has 0 aliphatic heterocycles. The van der Waals surface area contributed by atoms with Crippen molar-refractivity contribution in [3.05, 3.63) is 102 Å². The van der Waals surface area contributed by atoms with Gasteiger partial charge in [0.05, 0.1) is 6.04 Å². The lowest BCUT2D eigenvalue weighted by Gasteiger charge is -2.17. The van der Waals surface area contributed by atoms with Gasteiger partial charge in [-0.15, -0.1) is 10.2 Å². The number of rotatable bonds is 9. The second kappa shape index (κ2) is 10.5. The van der Waals surface area contributed by atoms with Crippen molar-refractivity contribution < 1.29 is 0 Å². The molecule has 2 aromatic heterocycles. The van der Waals surface area contributed by atoms with Crippen LogP contribution in [0.15, 0.2) is 90.2 Å². The zero-order valence-corrected chi connectivity index (χ0v) is 21.0. The minimum atomic E-state index is -0.230. The topological polar surface area (TPSA) is 72.5 Å². The van der Waals surface area contributed by atoms with Gasteiger partial charge in [0.1, 0.15) is 0 Å². The summed E-state index contributed by atoms with van der Waals surface area (Å²) >= 11 is 1.73. The number of nitrogens with one attached hydrogen (secondary N) is 1. The molecule has 6 heteroatoms. The molecule has 0 saturated carbocycles. The summed E-state index contributed by atoms with van der Waals surface area (Å²) < 4.78 is 2.22. The van der Waals surface area contributed by atoms with Crippen LogP contribution in [0.3, 0.4) is 0 Å². The van der Waals surface area contributed by atoms with Crippen LogP contribution >= 0.6 is 11.8 Å². The summed E-state index contributed by atoms with van der Waals surface area (Å²) in [6.07, 6.45) is 2.77. The van der Waals surface area contributed by atoms with Crippen LogP contribution in [0.1, 0.15) is 36.8 Å². The summed E-state index contributed by atoms with van der Waals surface area (Å²) in [6, 6.07) is 27.2. The Labute approximate surface area is 210 Å².